The van der Waals surface area contributed by atoms with Crippen LogP contribution in [0.25, 0.3) is 0 Å². The van der Waals surface area contributed by atoms with Crippen molar-refractivity contribution in [1.29, 1.82) is 0 Å². The Bertz CT molecular complexity index is 1000. The minimum absolute atomic E-state index is 0.344. The first-order chi connectivity index (χ1) is 15.3. The Morgan fingerprint density at radius 2 is 1.91 bits per heavy atom. The minimum atomic E-state index is -1.30. The van der Waals surface area contributed by atoms with Crippen LogP contribution in [-0.4, -0.2) is 47.0 Å². The van der Waals surface area contributed by atoms with Crippen molar-refractivity contribution >= 4 is 39.6 Å². The maximum absolute atomic E-state index is 12.6. The molecule has 4 N–H and O–H groups in total. The number of esters is 1. The summed E-state index contributed by atoms with van der Waals surface area (Å²) in [5.74, 6) is -0.449. The molecule has 0 aromatic heterocycles. The third kappa shape index (κ3) is 5.03. The second-order valence-electron chi connectivity index (χ2n) is 7.41. The molecule has 1 heterocycles. The molecule has 1 saturated heterocycles. The first kappa shape index (κ1) is 23.6. The topological polar surface area (TPSA) is 120 Å². The van der Waals surface area contributed by atoms with Crippen LogP contribution in [0.1, 0.15) is 35.7 Å². The average molecular weight is 505 g/mol. The fraction of sp³-hybridized carbons (Fsp3) is 0.318. The van der Waals surface area contributed by atoms with E-state index in [-0.39, 0.29) is 0 Å². The molecule has 0 spiro atoms. The number of methoxy groups -OCH3 is 1. The van der Waals surface area contributed by atoms with Gasteiger partial charge in [0.2, 0.25) is 0 Å². The fourth-order valence-electron chi connectivity index (χ4n) is 3.65. The Balaban J connectivity index is 1.69. The number of hydrogen-bond acceptors (Lipinski definition) is 5. The van der Waals surface area contributed by atoms with Gasteiger partial charge in [-0.05, 0) is 55.2 Å². The van der Waals surface area contributed by atoms with Crippen LogP contribution in [0, 0.1) is 0 Å². The molecular weight excluding hydrogens is 480 g/mol. The van der Waals surface area contributed by atoms with E-state index in [0.717, 1.165) is 15.0 Å². The summed E-state index contributed by atoms with van der Waals surface area (Å²) in [6, 6.07) is 12.7. The molecule has 2 unspecified atom stereocenters. The van der Waals surface area contributed by atoms with E-state index in [1.54, 1.807) is 42.5 Å². The van der Waals surface area contributed by atoms with Gasteiger partial charge in [0, 0.05) is 10.2 Å². The van der Waals surface area contributed by atoms with Gasteiger partial charge in [0.25, 0.3) is 0 Å². The van der Waals surface area contributed by atoms with Crippen molar-refractivity contribution in [2.75, 3.05) is 12.4 Å². The predicted molar refractivity (Wildman–Crippen MR) is 122 cm³/mol. The highest BCUT2D eigenvalue weighted by atomic mass is 79.9. The number of aliphatic hydroxyl groups excluding tert-OH is 1. The van der Waals surface area contributed by atoms with Gasteiger partial charge in [-0.2, -0.15) is 0 Å². The predicted octanol–water partition coefficient (Wildman–Crippen LogP) is 3.40. The standard InChI is InChI=1S/C22H25BrN4O5/c1-3-22(13-12-14-6-4-5-7-17(14)18(28)32-2)19(29)27(21(31)25-22)26-20(30)24-16-10-8-15(23)9-11-16/h4-11,19,29H,3,12-13H2,1-2H3,(H,25,31)(H2,24,26,30). The Morgan fingerprint density at radius 1 is 1.22 bits per heavy atom. The van der Waals surface area contributed by atoms with Crippen LogP contribution in [0.2, 0.25) is 0 Å². The Morgan fingerprint density at radius 3 is 2.56 bits per heavy atom. The van der Waals surface area contributed by atoms with Gasteiger partial charge in [0.1, 0.15) is 0 Å². The van der Waals surface area contributed by atoms with Crippen molar-refractivity contribution in [3.63, 3.8) is 0 Å². The Labute approximate surface area is 194 Å². The second kappa shape index (κ2) is 10.0. The highest BCUT2D eigenvalue weighted by Gasteiger charge is 2.50. The normalized spacial score (nSPS) is 19.9. The van der Waals surface area contributed by atoms with Crippen molar-refractivity contribution in [2.24, 2.45) is 0 Å². The van der Waals surface area contributed by atoms with Crippen molar-refractivity contribution < 1.29 is 24.2 Å². The zero-order chi connectivity index (χ0) is 23.3. The lowest BCUT2D eigenvalue weighted by molar-refractivity contribution is -0.0188. The molecule has 9 nitrogen and oxygen atoms in total. The highest BCUT2D eigenvalue weighted by Crippen LogP contribution is 2.30. The quantitative estimate of drug-likeness (QED) is 0.430. The molecule has 2 aromatic rings. The smallest absolute Gasteiger partial charge is 0.339 e. The lowest BCUT2D eigenvalue weighted by Gasteiger charge is -2.32. The number of amides is 4. The molecule has 0 aliphatic carbocycles. The molecule has 0 bridgehead atoms. The summed E-state index contributed by atoms with van der Waals surface area (Å²) in [6.45, 7) is 1.83. The lowest BCUT2D eigenvalue weighted by atomic mass is 9.87. The molecule has 1 fully saturated rings. The lowest BCUT2D eigenvalue weighted by Crippen LogP contribution is -2.54. The van der Waals surface area contributed by atoms with Crippen LogP contribution < -0.4 is 16.1 Å². The van der Waals surface area contributed by atoms with Gasteiger partial charge in [0.05, 0.1) is 18.2 Å². The van der Waals surface area contributed by atoms with Gasteiger partial charge in [0.15, 0.2) is 6.23 Å². The summed E-state index contributed by atoms with van der Waals surface area (Å²) in [7, 11) is 1.32. The number of rotatable bonds is 7. The maximum Gasteiger partial charge on any atom is 0.339 e. The molecule has 1 aliphatic rings. The average Bonchev–Trinajstić information content (AvgIpc) is 3.03. The number of carbonyl (C=O) groups excluding carboxylic acids is 3. The molecule has 10 heteroatoms. The third-order valence-corrected chi connectivity index (χ3v) is 6.06. The number of aryl methyl sites for hydroxylation is 1. The van der Waals surface area contributed by atoms with E-state index in [0.29, 0.717) is 30.5 Å². The van der Waals surface area contributed by atoms with Crippen LogP contribution in [0.5, 0.6) is 0 Å². The van der Waals surface area contributed by atoms with Crippen molar-refractivity contribution in [3.8, 4) is 0 Å². The number of carbonyl (C=O) groups is 3. The molecule has 4 amide bonds. The number of urea groups is 2. The number of halogens is 1. The molecule has 0 saturated carbocycles. The largest absolute Gasteiger partial charge is 0.465 e. The molecule has 0 radical (unpaired) electrons. The van der Waals surface area contributed by atoms with Crippen molar-refractivity contribution in [1.82, 2.24) is 15.8 Å². The fourth-order valence-corrected chi connectivity index (χ4v) is 3.92. The van der Waals surface area contributed by atoms with Crippen LogP contribution >= 0.6 is 15.9 Å². The van der Waals surface area contributed by atoms with E-state index in [9.17, 15) is 19.5 Å². The number of benzene rings is 2. The van der Waals surface area contributed by atoms with Gasteiger partial charge in [-0.25, -0.2) is 24.8 Å². The third-order valence-electron chi connectivity index (χ3n) is 5.53. The summed E-state index contributed by atoms with van der Waals surface area (Å²) < 4.78 is 5.69. The van der Waals surface area contributed by atoms with Crippen molar-refractivity contribution in [3.05, 3.63) is 64.1 Å². The number of ether oxygens (including phenoxy) is 1. The number of nitrogens with one attached hydrogen (secondary N) is 3. The van der Waals surface area contributed by atoms with E-state index in [2.05, 4.69) is 32.0 Å². The zero-order valence-corrected chi connectivity index (χ0v) is 19.3. The zero-order valence-electron chi connectivity index (χ0n) is 17.7. The molecule has 2 aromatic carbocycles. The molecule has 3 rings (SSSR count). The summed E-state index contributed by atoms with van der Waals surface area (Å²) in [5.41, 5.74) is 3.10. The monoisotopic (exact) mass is 504 g/mol. The van der Waals surface area contributed by atoms with Gasteiger partial charge in [-0.15, -0.1) is 0 Å². The van der Waals surface area contributed by atoms with Gasteiger partial charge in [-0.3, -0.25) is 0 Å². The van der Waals surface area contributed by atoms with Gasteiger partial charge < -0.3 is 20.5 Å². The van der Waals surface area contributed by atoms with E-state index < -0.39 is 29.8 Å². The van der Waals surface area contributed by atoms with Crippen LogP contribution in [0.4, 0.5) is 15.3 Å². The van der Waals surface area contributed by atoms with Crippen LogP contribution in [-0.2, 0) is 11.2 Å². The van der Waals surface area contributed by atoms with Gasteiger partial charge in [-0.1, -0.05) is 41.1 Å². The van der Waals surface area contributed by atoms with E-state index >= 15 is 0 Å². The SMILES string of the molecule is CCC1(CCc2ccccc2C(=O)OC)NC(=O)N(NC(=O)Nc2ccc(Br)cc2)C1O. The molecule has 2 atom stereocenters. The molecule has 32 heavy (non-hydrogen) atoms. The first-order valence-electron chi connectivity index (χ1n) is 10.1. The number of hydrogen-bond donors (Lipinski definition) is 4. The Kier molecular flexibility index (Phi) is 7.37. The highest BCUT2D eigenvalue weighted by molar-refractivity contribution is 9.10. The van der Waals surface area contributed by atoms with Crippen LogP contribution in [0.15, 0.2) is 53.0 Å². The number of hydrazine groups is 1. The molecule has 170 valence electrons. The van der Waals surface area contributed by atoms with E-state index in [1.807, 2.05) is 13.0 Å². The van der Waals surface area contributed by atoms with E-state index in [4.69, 9.17) is 4.74 Å². The Hall–Kier alpha value is -3.11. The van der Waals surface area contributed by atoms with Crippen LogP contribution in [0.3, 0.4) is 0 Å². The number of nitrogens with zero attached hydrogens (tertiary/aromatic N) is 1. The molecular formula is C22H25BrN4O5. The number of anilines is 1. The minimum Gasteiger partial charge on any atom is -0.465 e. The van der Waals surface area contributed by atoms with Crippen molar-refractivity contribution in [2.45, 2.75) is 38.0 Å². The first-order valence-corrected chi connectivity index (χ1v) is 10.9. The summed E-state index contributed by atoms with van der Waals surface area (Å²) in [5, 5.41) is 17.2. The van der Waals surface area contributed by atoms with Gasteiger partial charge >= 0.3 is 18.0 Å². The van der Waals surface area contributed by atoms with E-state index in [1.165, 1.54) is 7.11 Å². The molecule has 1 aliphatic heterocycles. The second-order valence-corrected chi connectivity index (χ2v) is 8.32. The summed E-state index contributed by atoms with van der Waals surface area (Å²) in [6.07, 6.45) is -0.139. The maximum atomic E-state index is 12.6. The number of aliphatic hydroxyl groups is 1. The summed E-state index contributed by atoms with van der Waals surface area (Å²) >= 11 is 3.32. The summed E-state index contributed by atoms with van der Waals surface area (Å²) in [4.78, 5) is 36.9.